The Kier molecular flexibility index (Phi) is 6.16. The molecule has 0 bridgehead atoms. The molecule has 2 aromatic rings. The first-order valence-corrected chi connectivity index (χ1v) is 7.44. The van der Waals surface area contributed by atoms with E-state index in [1.165, 1.54) is 5.56 Å². The number of aryl methyl sites for hydroxylation is 1. The third-order valence-electron chi connectivity index (χ3n) is 3.15. The number of ether oxygens (including phenoxy) is 1. The summed E-state index contributed by atoms with van der Waals surface area (Å²) in [5, 5.41) is 3.39. The van der Waals surface area contributed by atoms with Gasteiger partial charge in [-0.05, 0) is 36.6 Å². The molecule has 21 heavy (non-hydrogen) atoms. The van der Waals surface area contributed by atoms with Gasteiger partial charge in [0.25, 0.3) is 0 Å². The highest BCUT2D eigenvalue weighted by atomic mass is 16.5. The van der Waals surface area contributed by atoms with Crippen molar-refractivity contribution < 1.29 is 4.74 Å². The van der Waals surface area contributed by atoms with Gasteiger partial charge in [0.15, 0.2) is 0 Å². The molecular weight excluding hydrogens is 262 g/mol. The number of aromatic nitrogens is 2. The zero-order valence-electron chi connectivity index (χ0n) is 12.7. The Balaban J connectivity index is 1.80. The Labute approximate surface area is 126 Å². The molecule has 0 atom stereocenters. The average molecular weight is 285 g/mol. The largest absolute Gasteiger partial charge is 0.477 e. The molecule has 0 aliphatic rings. The van der Waals surface area contributed by atoms with Gasteiger partial charge in [0.1, 0.15) is 0 Å². The van der Waals surface area contributed by atoms with E-state index in [-0.39, 0.29) is 0 Å². The van der Waals surface area contributed by atoms with Crippen LogP contribution in [0.4, 0.5) is 0 Å². The second-order valence-electron chi connectivity index (χ2n) is 5.31. The van der Waals surface area contributed by atoms with Crippen molar-refractivity contribution >= 4 is 0 Å². The van der Waals surface area contributed by atoms with Gasteiger partial charge in [0.05, 0.1) is 6.61 Å². The number of hydrogen-bond donors (Lipinski definition) is 1. The molecule has 2 heterocycles. The summed E-state index contributed by atoms with van der Waals surface area (Å²) in [4.78, 5) is 8.35. The maximum Gasteiger partial charge on any atom is 0.217 e. The lowest BCUT2D eigenvalue weighted by Gasteiger charge is -2.12. The van der Waals surface area contributed by atoms with Crippen LogP contribution in [0.3, 0.4) is 0 Å². The Morgan fingerprint density at radius 1 is 1.14 bits per heavy atom. The summed E-state index contributed by atoms with van der Waals surface area (Å²) >= 11 is 0. The normalized spacial score (nSPS) is 10.8. The molecule has 0 spiro atoms. The second kappa shape index (κ2) is 8.37. The first-order valence-electron chi connectivity index (χ1n) is 7.44. The molecule has 0 aliphatic carbocycles. The number of nitrogens with one attached hydrogen (secondary N) is 1. The molecule has 0 amide bonds. The van der Waals surface area contributed by atoms with E-state index < -0.39 is 0 Å². The van der Waals surface area contributed by atoms with Crippen LogP contribution in [-0.4, -0.2) is 22.6 Å². The van der Waals surface area contributed by atoms with E-state index in [4.69, 9.17) is 4.74 Å². The fraction of sp³-hybridized carbons (Fsp3) is 0.412. The van der Waals surface area contributed by atoms with Crippen molar-refractivity contribution in [2.75, 3.05) is 6.61 Å². The fourth-order valence-corrected chi connectivity index (χ4v) is 2.00. The van der Waals surface area contributed by atoms with Gasteiger partial charge in [-0.2, -0.15) is 0 Å². The number of pyridine rings is 2. The van der Waals surface area contributed by atoms with Crippen molar-refractivity contribution in [1.82, 2.24) is 15.3 Å². The van der Waals surface area contributed by atoms with E-state index in [2.05, 4.69) is 35.2 Å². The van der Waals surface area contributed by atoms with Gasteiger partial charge in [-0.15, -0.1) is 0 Å². The summed E-state index contributed by atoms with van der Waals surface area (Å²) in [5.74, 6) is 0.736. The average Bonchev–Trinajstić information content (AvgIpc) is 2.51. The predicted molar refractivity (Wildman–Crippen MR) is 84.3 cm³/mol. The minimum absolute atomic E-state index is 0.449. The number of nitrogens with zero attached hydrogens (tertiary/aromatic N) is 2. The Hall–Kier alpha value is -1.94. The first-order chi connectivity index (χ1) is 10.3. The third-order valence-corrected chi connectivity index (χ3v) is 3.15. The van der Waals surface area contributed by atoms with E-state index in [0.29, 0.717) is 12.6 Å². The van der Waals surface area contributed by atoms with Gasteiger partial charge in [0.2, 0.25) is 5.88 Å². The summed E-state index contributed by atoms with van der Waals surface area (Å²) in [5.41, 5.74) is 2.39. The second-order valence-corrected chi connectivity index (χ2v) is 5.31. The summed E-state index contributed by atoms with van der Waals surface area (Å²) in [6.07, 6.45) is 7.39. The molecule has 112 valence electrons. The fourth-order valence-electron chi connectivity index (χ4n) is 2.00. The van der Waals surface area contributed by atoms with E-state index >= 15 is 0 Å². The molecule has 0 saturated heterocycles. The lowest BCUT2D eigenvalue weighted by molar-refractivity contribution is 0.295. The highest BCUT2D eigenvalue weighted by molar-refractivity contribution is 5.25. The lowest BCUT2D eigenvalue weighted by Crippen LogP contribution is -2.22. The van der Waals surface area contributed by atoms with Gasteiger partial charge in [0, 0.05) is 36.7 Å². The molecule has 2 aromatic heterocycles. The van der Waals surface area contributed by atoms with Crippen LogP contribution in [0.5, 0.6) is 5.88 Å². The summed E-state index contributed by atoms with van der Waals surface area (Å²) < 4.78 is 5.82. The molecule has 2 rings (SSSR count). The van der Waals surface area contributed by atoms with E-state index in [1.807, 2.05) is 30.6 Å². The van der Waals surface area contributed by atoms with Crippen LogP contribution in [0.1, 0.15) is 31.4 Å². The predicted octanol–water partition coefficient (Wildman–Crippen LogP) is 2.99. The molecule has 0 aliphatic heterocycles. The van der Waals surface area contributed by atoms with Crippen LogP contribution in [0.15, 0.2) is 42.9 Å². The van der Waals surface area contributed by atoms with Gasteiger partial charge in [-0.25, -0.2) is 4.98 Å². The standard InChI is InChI=1S/C17H23N3O/c1-14(2)20-13-16-6-3-9-19-17(16)21-12-4-5-15-7-10-18-11-8-15/h3,6-11,14,20H,4-5,12-13H2,1-2H3. The minimum atomic E-state index is 0.449. The summed E-state index contributed by atoms with van der Waals surface area (Å²) in [7, 11) is 0. The SMILES string of the molecule is CC(C)NCc1cccnc1OCCCc1ccncc1. The topological polar surface area (TPSA) is 47.0 Å². The molecule has 0 aromatic carbocycles. The first kappa shape index (κ1) is 15.4. The molecule has 4 nitrogen and oxygen atoms in total. The van der Waals surface area contributed by atoms with Crippen LogP contribution < -0.4 is 10.1 Å². The Morgan fingerprint density at radius 3 is 2.71 bits per heavy atom. The quantitative estimate of drug-likeness (QED) is 0.757. The highest BCUT2D eigenvalue weighted by Gasteiger charge is 2.05. The van der Waals surface area contributed by atoms with Crippen molar-refractivity contribution in [3.63, 3.8) is 0 Å². The van der Waals surface area contributed by atoms with E-state index in [1.54, 1.807) is 6.20 Å². The third kappa shape index (κ3) is 5.52. The van der Waals surface area contributed by atoms with Gasteiger partial charge in [-0.1, -0.05) is 19.9 Å². The lowest BCUT2D eigenvalue weighted by atomic mass is 10.1. The molecule has 0 fully saturated rings. The molecule has 0 radical (unpaired) electrons. The van der Waals surface area contributed by atoms with Crippen molar-refractivity contribution in [2.45, 2.75) is 39.3 Å². The van der Waals surface area contributed by atoms with Gasteiger partial charge in [-0.3, -0.25) is 4.98 Å². The molecule has 0 saturated carbocycles. The number of rotatable bonds is 8. The van der Waals surface area contributed by atoms with Crippen molar-refractivity contribution in [1.29, 1.82) is 0 Å². The smallest absolute Gasteiger partial charge is 0.217 e. The Bertz CT molecular complexity index is 529. The zero-order valence-corrected chi connectivity index (χ0v) is 12.7. The molecule has 4 heteroatoms. The van der Waals surface area contributed by atoms with E-state index in [9.17, 15) is 0 Å². The minimum Gasteiger partial charge on any atom is -0.477 e. The Morgan fingerprint density at radius 2 is 1.95 bits per heavy atom. The summed E-state index contributed by atoms with van der Waals surface area (Å²) in [6.45, 7) is 5.72. The maximum atomic E-state index is 5.82. The van der Waals surface area contributed by atoms with Crippen LogP contribution in [-0.2, 0) is 13.0 Å². The van der Waals surface area contributed by atoms with Gasteiger partial charge >= 0.3 is 0 Å². The van der Waals surface area contributed by atoms with Crippen LogP contribution >= 0.6 is 0 Å². The van der Waals surface area contributed by atoms with Crippen molar-refractivity contribution in [3.05, 3.63) is 54.0 Å². The summed E-state index contributed by atoms with van der Waals surface area (Å²) in [6, 6.07) is 8.53. The monoisotopic (exact) mass is 285 g/mol. The zero-order chi connectivity index (χ0) is 14.9. The van der Waals surface area contributed by atoms with E-state index in [0.717, 1.165) is 30.8 Å². The molecule has 1 N–H and O–H groups in total. The number of hydrogen-bond acceptors (Lipinski definition) is 4. The maximum absolute atomic E-state index is 5.82. The van der Waals surface area contributed by atoms with Crippen molar-refractivity contribution in [3.8, 4) is 5.88 Å². The van der Waals surface area contributed by atoms with Crippen LogP contribution in [0, 0.1) is 0 Å². The van der Waals surface area contributed by atoms with Crippen LogP contribution in [0.2, 0.25) is 0 Å². The van der Waals surface area contributed by atoms with Gasteiger partial charge < -0.3 is 10.1 Å². The highest BCUT2D eigenvalue weighted by Crippen LogP contribution is 2.14. The van der Waals surface area contributed by atoms with Crippen molar-refractivity contribution in [2.24, 2.45) is 0 Å². The molecule has 0 unspecified atom stereocenters. The van der Waals surface area contributed by atoms with Crippen LogP contribution in [0.25, 0.3) is 0 Å². The molecular formula is C17H23N3O.